The van der Waals surface area contributed by atoms with E-state index in [0.717, 1.165) is 36.5 Å². The summed E-state index contributed by atoms with van der Waals surface area (Å²) in [7, 11) is 3.54. The monoisotopic (exact) mass is 225 g/mol. The fraction of sp³-hybridized carbons (Fsp3) is 0.727. The summed E-state index contributed by atoms with van der Waals surface area (Å²) in [4.78, 5) is 0. The van der Waals surface area contributed by atoms with Crippen LogP contribution in [-0.4, -0.2) is 34.1 Å². The number of hydrogen-bond acceptors (Lipinski definition) is 4. The average Bonchev–Trinajstić information content (AvgIpc) is 2.46. The number of aromatic nitrogens is 2. The standard InChI is InChI=1S/C11H19N3O2/c1-7-10(11(16-3)14(2)13-7)6-12-8-4-9(15)5-8/h8-9,12,15H,4-6H2,1-3H3. The number of rotatable bonds is 4. The van der Waals surface area contributed by atoms with E-state index in [1.54, 1.807) is 11.8 Å². The van der Waals surface area contributed by atoms with Crippen LogP contribution in [0.3, 0.4) is 0 Å². The first-order chi connectivity index (χ1) is 7.61. The fourth-order valence-electron chi connectivity index (χ4n) is 2.14. The van der Waals surface area contributed by atoms with Gasteiger partial charge in [-0.25, -0.2) is 4.68 Å². The molecule has 5 nitrogen and oxygen atoms in total. The Kier molecular flexibility index (Phi) is 3.16. The molecular weight excluding hydrogens is 206 g/mol. The van der Waals surface area contributed by atoms with Gasteiger partial charge in [0.15, 0.2) is 0 Å². The van der Waals surface area contributed by atoms with E-state index in [-0.39, 0.29) is 6.10 Å². The molecule has 0 amide bonds. The molecule has 0 aromatic carbocycles. The molecule has 5 heteroatoms. The second kappa shape index (κ2) is 4.43. The van der Waals surface area contributed by atoms with E-state index in [9.17, 15) is 5.11 Å². The molecule has 1 aliphatic rings. The number of hydrogen-bond donors (Lipinski definition) is 2. The summed E-state index contributed by atoms with van der Waals surface area (Å²) in [5.41, 5.74) is 2.10. The summed E-state index contributed by atoms with van der Waals surface area (Å²) in [6.45, 7) is 2.73. The maximum absolute atomic E-state index is 9.19. The van der Waals surface area contributed by atoms with E-state index in [0.29, 0.717) is 6.04 Å². The van der Waals surface area contributed by atoms with Crippen LogP contribution in [0.15, 0.2) is 0 Å². The maximum Gasteiger partial charge on any atom is 0.216 e. The van der Waals surface area contributed by atoms with E-state index in [4.69, 9.17) is 4.74 Å². The Bertz CT molecular complexity index is 370. The first-order valence-corrected chi connectivity index (χ1v) is 5.59. The third kappa shape index (κ3) is 2.05. The highest BCUT2D eigenvalue weighted by atomic mass is 16.5. The second-order valence-corrected chi connectivity index (χ2v) is 4.40. The Balaban J connectivity index is 1.98. The molecule has 1 heterocycles. The number of methoxy groups -OCH3 is 1. The molecule has 0 unspecified atom stereocenters. The molecule has 0 bridgehead atoms. The second-order valence-electron chi connectivity index (χ2n) is 4.40. The van der Waals surface area contributed by atoms with Crippen molar-refractivity contribution in [1.82, 2.24) is 15.1 Å². The molecule has 1 aliphatic carbocycles. The van der Waals surface area contributed by atoms with Crippen molar-refractivity contribution in [1.29, 1.82) is 0 Å². The van der Waals surface area contributed by atoms with E-state index in [2.05, 4.69) is 10.4 Å². The lowest BCUT2D eigenvalue weighted by atomic mass is 9.89. The van der Waals surface area contributed by atoms with Gasteiger partial charge in [-0.3, -0.25) is 0 Å². The van der Waals surface area contributed by atoms with Crippen molar-refractivity contribution in [2.75, 3.05) is 7.11 Å². The number of aliphatic hydroxyl groups is 1. The Morgan fingerprint density at radius 1 is 1.56 bits per heavy atom. The van der Waals surface area contributed by atoms with Crippen molar-refractivity contribution in [3.05, 3.63) is 11.3 Å². The van der Waals surface area contributed by atoms with Gasteiger partial charge in [0.2, 0.25) is 5.88 Å². The molecular formula is C11H19N3O2. The molecule has 0 atom stereocenters. The lowest BCUT2D eigenvalue weighted by molar-refractivity contribution is 0.0618. The highest BCUT2D eigenvalue weighted by molar-refractivity contribution is 5.30. The number of aryl methyl sites for hydroxylation is 2. The third-order valence-corrected chi connectivity index (χ3v) is 3.16. The summed E-state index contributed by atoms with van der Waals surface area (Å²) < 4.78 is 7.07. The van der Waals surface area contributed by atoms with Crippen molar-refractivity contribution in [3.8, 4) is 5.88 Å². The van der Waals surface area contributed by atoms with Crippen LogP contribution in [-0.2, 0) is 13.6 Å². The minimum absolute atomic E-state index is 0.116. The SMILES string of the molecule is COc1c(CNC2CC(O)C2)c(C)nn1C. The van der Waals surface area contributed by atoms with Gasteiger partial charge in [0.05, 0.1) is 24.5 Å². The predicted octanol–water partition coefficient (Wildman–Crippen LogP) is 0.350. The molecule has 0 radical (unpaired) electrons. The summed E-state index contributed by atoms with van der Waals surface area (Å²) in [6.07, 6.45) is 1.58. The lowest BCUT2D eigenvalue weighted by Gasteiger charge is -2.32. The Morgan fingerprint density at radius 3 is 2.81 bits per heavy atom. The lowest BCUT2D eigenvalue weighted by Crippen LogP contribution is -2.43. The van der Waals surface area contributed by atoms with E-state index in [1.807, 2.05) is 14.0 Å². The van der Waals surface area contributed by atoms with Gasteiger partial charge in [-0.05, 0) is 19.8 Å². The van der Waals surface area contributed by atoms with Crippen LogP contribution < -0.4 is 10.1 Å². The van der Waals surface area contributed by atoms with Gasteiger partial charge < -0.3 is 15.2 Å². The summed E-state index contributed by atoms with van der Waals surface area (Å²) in [5.74, 6) is 0.810. The molecule has 1 saturated carbocycles. The normalized spacial score (nSPS) is 24.2. The predicted molar refractivity (Wildman–Crippen MR) is 60.4 cm³/mol. The van der Waals surface area contributed by atoms with Crippen molar-refractivity contribution in [2.24, 2.45) is 7.05 Å². The Morgan fingerprint density at radius 2 is 2.25 bits per heavy atom. The van der Waals surface area contributed by atoms with Gasteiger partial charge in [-0.1, -0.05) is 0 Å². The fourth-order valence-corrected chi connectivity index (χ4v) is 2.14. The third-order valence-electron chi connectivity index (χ3n) is 3.16. The Hall–Kier alpha value is -1.07. The van der Waals surface area contributed by atoms with Crippen LogP contribution in [0.5, 0.6) is 5.88 Å². The van der Waals surface area contributed by atoms with Gasteiger partial charge in [-0.2, -0.15) is 5.10 Å². The zero-order chi connectivity index (χ0) is 11.7. The van der Waals surface area contributed by atoms with Crippen LogP contribution in [0.2, 0.25) is 0 Å². The van der Waals surface area contributed by atoms with Gasteiger partial charge in [0.1, 0.15) is 0 Å². The molecule has 2 rings (SSSR count). The minimum Gasteiger partial charge on any atom is -0.481 e. The molecule has 90 valence electrons. The highest BCUT2D eigenvalue weighted by Crippen LogP contribution is 2.23. The number of aliphatic hydroxyl groups excluding tert-OH is 1. The van der Waals surface area contributed by atoms with Crippen LogP contribution in [0.1, 0.15) is 24.1 Å². The molecule has 0 spiro atoms. The van der Waals surface area contributed by atoms with E-state index < -0.39 is 0 Å². The molecule has 1 aromatic heterocycles. The van der Waals surface area contributed by atoms with Gasteiger partial charge in [-0.15, -0.1) is 0 Å². The summed E-state index contributed by atoms with van der Waals surface area (Å²) in [5, 5.41) is 16.9. The first-order valence-electron chi connectivity index (χ1n) is 5.59. The summed E-state index contributed by atoms with van der Waals surface area (Å²) >= 11 is 0. The molecule has 1 aromatic rings. The first kappa shape index (κ1) is 11.4. The highest BCUT2D eigenvalue weighted by Gasteiger charge is 2.27. The number of nitrogens with one attached hydrogen (secondary N) is 1. The van der Waals surface area contributed by atoms with Gasteiger partial charge in [0.25, 0.3) is 0 Å². The smallest absolute Gasteiger partial charge is 0.216 e. The topological polar surface area (TPSA) is 59.3 Å². The maximum atomic E-state index is 9.19. The quantitative estimate of drug-likeness (QED) is 0.776. The van der Waals surface area contributed by atoms with Crippen LogP contribution >= 0.6 is 0 Å². The van der Waals surface area contributed by atoms with Crippen molar-refractivity contribution < 1.29 is 9.84 Å². The van der Waals surface area contributed by atoms with Gasteiger partial charge in [0, 0.05) is 19.6 Å². The molecule has 1 fully saturated rings. The van der Waals surface area contributed by atoms with Crippen LogP contribution in [0, 0.1) is 6.92 Å². The molecule has 16 heavy (non-hydrogen) atoms. The van der Waals surface area contributed by atoms with Crippen molar-refractivity contribution in [3.63, 3.8) is 0 Å². The van der Waals surface area contributed by atoms with Crippen LogP contribution in [0.25, 0.3) is 0 Å². The zero-order valence-electron chi connectivity index (χ0n) is 10.0. The van der Waals surface area contributed by atoms with Gasteiger partial charge >= 0.3 is 0 Å². The Labute approximate surface area is 95.4 Å². The molecule has 2 N–H and O–H groups in total. The van der Waals surface area contributed by atoms with Crippen molar-refractivity contribution in [2.45, 2.75) is 38.5 Å². The van der Waals surface area contributed by atoms with Crippen molar-refractivity contribution >= 4 is 0 Å². The number of ether oxygens (including phenoxy) is 1. The van der Waals surface area contributed by atoms with E-state index >= 15 is 0 Å². The van der Waals surface area contributed by atoms with Crippen LogP contribution in [0.4, 0.5) is 0 Å². The number of nitrogens with zero attached hydrogens (tertiary/aromatic N) is 2. The largest absolute Gasteiger partial charge is 0.481 e. The van der Waals surface area contributed by atoms with E-state index in [1.165, 1.54) is 0 Å². The average molecular weight is 225 g/mol. The molecule has 0 saturated heterocycles. The summed E-state index contributed by atoms with van der Waals surface area (Å²) in [6, 6.07) is 0.430. The molecule has 0 aliphatic heterocycles. The minimum atomic E-state index is -0.116. The zero-order valence-corrected chi connectivity index (χ0v) is 10.0.